The molecule has 78 valence electrons. The molecule has 2 heterocycles. The second-order valence-corrected chi connectivity index (χ2v) is 3.54. The highest BCUT2D eigenvalue weighted by Gasteiger charge is 2.06. The molecule has 2 aromatic rings. The predicted molar refractivity (Wildman–Crippen MR) is 58.3 cm³/mol. The Hall–Kier alpha value is -1.71. The van der Waals surface area contributed by atoms with Gasteiger partial charge in [0.15, 0.2) is 5.82 Å². The van der Waals surface area contributed by atoms with E-state index in [4.69, 9.17) is 0 Å². The molecule has 0 bridgehead atoms. The van der Waals surface area contributed by atoms with Crippen molar-refractivity contribution in [2.75, 3.05) is 0 Å². The number of aryl methyl sites for hydroxylation is 2. The van der Waals surface area contributed by atoms with Gasteiger partial charge >= 0.3 is 0 Å². The van der Waals surface area contributed by atoms with Crippen molar-refractivity contribution in [2.24, 2.45) is 0 Å². The second kappa shape index (κ2) is 4.21. The van der Waals surface area contributed by atoms with Crippen LogP contribution in [0.25, 0.3) is 11.4 Å². The van der Waals surface area contributed by atoms with Crippen molar-refractivity contribution in [1.29, 1.82) is 0 Å². The molecule has 0 aliphatic carbocycles. The summed E-state index contributed by atoms with van der Waals surface area (Å²) in [5.41, 5.74) is 2.03. The summed E-state index contributed by atoms with van der Waals surface area (Å²) in [5, 5.41) is 8.03. The van der Waals surface area contributed by atoms with Crippen LogP contribution in [0, 0.1) is 6.92 Å². The van der Waals surface area contributed by atoms with E-state index < -0.39 is 0 Å². The first-order chi connectivity index (χ1) is 7.31. The van der Waals surface area contributed by atoms with Crippen LogP contribution in [-0.4, -0.2) is 19.7 Å². The lowest BCUT2D eigenvalue weighted by Gasteiger charge is -2.04. The molecule has 0 aliphatic heterocycles. The van der Waals surface area contributed by atoms with Crippen LogP contribution in [0.15, 0.2) is 24.7 Å². The minimum atomic E-state index is 0.893. The smallest absolute Gasteiger partial charge is 0.165 e. The first kappa shape index (κ1) is 9.83. The van der Waals surface area contributed by atoms with Crippen molar-refractivity contribution >= 4 is 0 Å². The quantitative estimate of drug-likeness (QED) is 0.765. The van der Waals surface area contributed by atoms with Gasteiger partial charge in [-0.3, -0.25) is 4.98 Å². The molecular weight excluding hydrogens is 188 g/mol. The molecule has 4 nitrogen and oxygen atoms in total. The summed E-state index contributed by atoms with van der Waals surface area (Å²) < 4.78 is 2.05. The summed E-state index contributed by atoms with van der Waals surface area (Å²) in [6.07, 6.45) is 4.68. The van der Waals surface area contributed by atoms with Crippen LogP contribution in [0.5, 0.6) is 0 Å². The Balaban J connectivity index is 2.36. The zero-order valence-electron chi connectivity index (χ0n) is 9.01. The Kier molecular flexibility index (Phi) is 2.76. The fourth-order valence-electron chi connectivity index (χ4n) is 1.48. The van der Waals surface area contributed by atoms with E-state index in [2.05, 4.69) is 22.1 Å². The van der Waals surface area contributed by atoms with Gasteiger partial charge in [0.1, 0.15) is 6.33 Å². The molecule has 0 unspecified atom stereocenters. The SMILES string of the molecule is CCCn1cnnc1-c1ccc(C)nc1. The first-order valence-electron chi connectivity index (χ1n) is 5.12. The fraction of sp³-hybridized carbons (Fsp3) is 0.364. The zero-order chi connectivity index (χ0) is 10.7. The van der Waals surface area contributed by atoms with Crippen molar-refractivity contribution < 1.29 is 0 Å². The predicted octanol–water partition coefficient (Wildman–Crippen LogP) is 2.06. The monoisotopic (exact) mass is 202 g/mol. The van der Waals surface area contributed by atoms with Gasteiger partial charge in [0.25, 0.3) is 0 Å². The third-order valence-corrected chi connectivity index (χ3v) is 2.25. The van der Waals surface area contributed by atoms with Gasteiger partial charge in [-0.25, -0.2) is 0 Å². The molecule has 0 aromatic carbocycles. The van der Waals surface area contributed by atoms with Crippen LogP contribution in [0.1, 0.15) is 19.0 Å². The Bertz CT molecular complexity index is 430. The van der Waals surface area contributed by atoms with Gasteiger partial charge in [0.05, 0.1) is 0 Å². The highest BCUT2D eigenvalue weighted by Crippen LogP contribution is 2.15. The van der Waals surface area contributed by atoms with Gasteiger partial charge in [-0.15, -0.1) is 10.2 Å². The lowest BCUT2D eigenvalue weighted by atomic mass is 10.2. The van der Waals surface area contributed by atoms with Gasteiger partial charge in [-0.2, -0.15) is 0 Å². The van der Waals surface area contributed by atoms with E-state index in [-0.39, 0.29) is 0 Å². The number of rotatable bonds is 3. The molecule has 0 amide bonds. The maximum atomic E-state index is 4.26. The van der Waals surface area contributed by atoms with E-state index in [0.717, 1.165) is 30.0 Å². The minimum Gasteiger partial charge on any atom is -0.314 e. The zero-order valence-corrected chi connectivity index (χ0v) is 9.01. The van der Waals surface area contributed by atoms with Crippen LogP contribution in [0.4, 0.5) is 0 Å². The molecule has 0 atom stereocenters. The molecule has 2 rings (SSSR count). The molecule has 0 spiro atoms. The maximum Gasteiger partial charge on any atom is 0.165 e. The largest absolute Gasteiger partial charge is 0.314 e. The molecule has 15 heavy (non-hydrogen) atoms. The van der Waals surface area contributed by atoms with E-state index in [1.807, 2.05) is 29.8 Å². The minimum absolute atomic E-state index is 0.893. The number of pyridine rings is 1. The van der Waals surface area contributed by atoms with Crippen LogP contribution >= 0.6 is 0 Å². The molecule has 0 aliphatic rings. The van der Waals surface area contributed by atoms with Crippen molar-refractivity contribution in [3.63, 3.8) is 0 Å². The lowest BCUT2D eigenvalue weighted by Crippen LogP contribution is -1.98. The van der Waals surface area contributed by atoms with Crippen LogP contribution in [0.3, 0.4) is 0 Å². The average molecular weight is 202 g/mol. The Morgan fingerprint density at radius 3 is 2.87 bits per heavy atom. The number of nitrogens with zero attached hydrogens (tertiary/aromatic N) is 4. The van der Waals surface area contributed by atoms with E-state index in [9.17, 15) is 0 Å². The van der Waals surface area contributed by atoms with Crippen molar-refractivity contribution in [3.05, 3.63) is 30.4 Å². The van der Waals surface area contributed by atoms with Gasteiger partial charge in [-0.1, -0.05) is 6.92 Å². The summed E-state index contributed by atoms with van der Waals surface area (Å²) in [6, 6.07) is 4.01. The fourth-order valence-corrected chi connectivity index (χ4v) is 1.48. The second-order valence-electron chi connectivity index (χ2n) is 3.54. The Morgan fingerprint density at radius 1 is 1.33 bits per heavy atom. The summed E-state index contributed by atoms with van der Waals surface area (Å²) in [7, 11) is 0. The Morgan fingerprint density at radius 2 is 2.20 bits per heavy atom. The van der Waals surface area contributed by atoms with Crippen molar-refractivity contribution in [1.82, 2.24) is 19.7 Å². The summed E-state index contributed by atoms with van der Waals surface area (Å²) in [6.45, 7) is 5.05. The van der Waals surface area contributed by atoms with Crippen LogP contribution in [0.2, 0.25) is 0 Å². The highest BCUT2D eigenvalue weighted by atomic mass is 15.3. The molecule has 2 aromatic heterocycles. The van der Waals surface area contributed by atoms with Crippen LogP contribution < -0.4 is 0 Å². The van der Waals surface area contributed by atoms with Gasteiger partial charge in [0, 0.05) is 24.0 Å². The average Bonchev–Trinajstić information content (AvgIpc) is 2.68. The van der Waals surface area contributed by atoms with Gasteiger partial charge in [-0.05, 0) is 25.5 Å². The normalized spacial score (nSPS) is 10.5. The number of hydrogen-bond acceptors (Lipinski definition) is 3. The van der Waals surface area contributed by atoms with E-state index >= 15 is 0 Å². The molecule has 0 saturated carbocycles. The summed E-state index contributed by atoms with van der Waals surface area (Å²) in [5.74, 6) is 0.893. The highest BCUT2D eigenvalue weighted by molar-refractivity contribution is 5.53. The molecule has 0 radical (unpaired) electrons. The number of hydrogen-bond donors (Lipinski definition) is 0. The van der Waals surface area contributed by atoms with E-state index in [1.54, 1.807) is 6.33 Å². The molecule has 0 fully saturated rings. The third kappa shape index (κ3) is 2.03. The lowest BCUT2D eigenvalue weighted by molar-refractivity contribution is 0.682. The van der Waals surface area contributed by atoms with E-state index in [1.165, 1.54) is 0 Å². The third-order valence-electron chi connectivity index (χ3n) is 2.25. The van der Waals surface area contributed by atoms with Crippen LogP contribution in [-0.2, 0) is 6.54 Å². The maximum absolute atomic E-state index is 4.26. The number of aromatic nitrogens is 4. The molecular formula is C11H14N4. The molecule has 0 N–H and O–H groups in total. The van der Waals surface area contributed by atoms with Crippen molar-refractivity contribution in [3.8, 4) is 11.4 Å². The summed E-state index contributed by atoms with van der Waals surface area (Å²) >= 11 is 0. The molecule has 4 heteroatoms. The van der Waals surface area contributed by atoms with Crippen molar-refractivity contribution in [2.45, 2.75) is 26.8 Å². The topological polar surface area (TPSA) is 43.6 Å². The summed E-state index contributed by atoms with van der Waals surface area (Å²) in [4.78, 5) is 4.26. The van der Waals surface area contributed by atoms with E-state index in [0.29, 0.717) is 0 Å². The Labute approximate surface area is 89.0 Å². The van der Waals surface area contributed by atoms with Gasteiger partial charge in [0.2, 0.25) is 0 Å². The standard InChI is InChI=1S/C11H14N4/c1-3-6-15-8-13-14-11(15)10-5-4-9(2)12-7-10/h4-5,7-8H,3,6H2,1-2H3. The first-order valence-corrected chi connectivity index (χ1v) is 5.12. The van der Waals surface area contributed by atoms with Gasteiger partial charge < -0.3 is 4.57 Å². The molecule has 0 saturated heterocycles.